The molecule has 1 unspecified atom stereocenters. The minimum Gasteiger partial charge on any atom is -0.508 e. The van der Waals surface area contributed by atoms with Crippen molar-refractivity contribution in [2.45, 2.75) is 38.6 Å². The minimum absolute atomic E-state index is 0.0613. The summed E-state index contributed by atoms with van der Waals surface area (Å²) in [4.78, 5) is 48.6. The molecule has 0 radical (unpaired) electrons. The average molecular weight is 374 g/mol. The fourth-order valence-corrected chi connectivity index (χ4v) is 3.35. The van der Waals surface area contributed by atoms with Crippen molar-refractivity contribution in [3.63, 3.8) is 0 Å². The first-order valence-electron chi connectivity index (χ1n) is 8.35. The highest BCUT2D eigenvalue weighted by Crippen LogP contribution is 2.45. The summed E-state index contributed by atoms with van der Waals surface area (Å²) in [7, 11) is 0. The van der Waals surface area contributed by atoms with Gasteiger partial charge in [0.25, 0.3) is 11.9 Å². The van der Waals surface area contributed by atoms with Crippen LogP contribution in [0, 0.1) is 5.92 Å². The molecule has 1 aromatic rings. The molecular weight excluding hydrogens is 356 g/mol. The lowest BCUT2D eigenvalue weighted by atomic mass is 9.75. The Labute approximate surface area is 154 Å². The number of allylic oxidation sites excluding steroid dienone is 2. The number of esters is 2. The van der Waals surface area contributed by atoms with Crippen LogP contribution in [0.15, 0.2) is 36.1 Å². The third-order valence-electron chi connectivity index (χ3n) is 4.46. The van der Waals surface area contributed by atoms with Gasteiger partial charge in [0.15, 0.2) is 11.6 Å². The number of phenols is 1. The summed E-state index contributed by atoms with van der Waals surface area (Å²) >= 11 is 0. The lowest BCUT2D eigenvalue weighted by molar-refractivity contribution is -0.246. The number of carbonyl (C=O) groups excluding carboxylic acids is 4. The second-order valence-electron chi connectivity index (χ2n) is 6.40. The normalized spacial score (nSPS) is 27.1. The first-order chi connectivity index (χ1) is 12.7. The molecule has 27 heavy (non-hydrogen) atoms. The summed E-state index contributed by atoms with van der Waals surface area (Å²) in [5, 5.41) is 9.56. The highest BCUT2D eigenvalue weighted by Gasteiger charge is 2.61. The molecule has 142 valence electrons. The van der Waals surface area contributed by atoms with Crippen molar-refractivity contribution in [3.8, 4) is 5.75 Å². The summed E-state index contributed by atoms with van der Waals surface area (Å²) in [5.41, 5.74) is -1.86. The van der Waals surface area contributed by atoms with Crippen LogP contribution >= 0.6 is 0 Å². The van der Waals surface area contributed by atoms with Crippen LogP contribution in [-0.4, -0.2) is 34.9 Å². The van der Waals surface area contributed by atoms with Gasteiger partial charge >= 0.3 is 11.9 Å². The van der Waals surface area contributed by atoms with E-state index in [2.05, 4.69) is 0 Å². The van der Waals surface area contributed by atoms with Gasteiger partial charge < -0.3 is 19.3 Å². The quantitative estimate of drug-likeness (QED) is 0.791. The third kappa shape index (κ3) is 3.30. The first-order valence-corrected chi connectivity index (χ1v) is 8.35. The minimum atomic E-state index is -2.05. The smallest absolute Gasteiger partial charge is 0.305 e. The number of phenolic OH excluding ortho intramolecular Hbond substituents is 1. The van der Waals surface area contributed by atoms with E-state index in [1.165, 1.54) is 30.3 Å². The Hall–Kier alpha value is -3.16. The molecule has 1 saturated heterocycles. The van der Waals surface area contributed by atoms with E-state index < -0.39 is 35.5 Å². The van der Waals surface area contributed by atoms with Crippen molar-refractivity contribution in [1.82, 2.24) is 0 Å². The standard InChI is InChI=1S/C19H18O8/c1-10(20)25-18-19(27-11(2)21,12-3-5-13(22)6-4-12)17(24)15-8-7-14(23)9-16(15)26-18/h3-6,9,15,18,22H,7-8H2,1-2H3/t15?,18-,19+/m1/s1. The van der Waals surface area contributed by atoms with Gasteiger partial charge in [0.1, 0.15) is 11.5 Å². The van der Waals surface area contributed by atoms with Crippen LogP contribution in [0.25, 0.3) is 0 Å². The third-order valence-corrected chi connectivity index (χ3v) is 4.46. The number of hydrogen-bond donors (Lipinski definition) is 1. The van der Waals surface area contributed by atoms with Gasteiger partial charge in [-0.1, -0.05) is 12.1 Å². The maximum Gasteiger partial charge on any atom is 0.305 e. The zero-order valence-corrected chi connectivity index (χ0v) is 14.8. The van der Waals surface area contributed by atoms with Gasteiger partial charge in [-0.05, 0) is 18.6 Å². The second-order valence-corrected chi connectivity index (χ2v) is 6.40. The van der Waals surface area contributed by atoms with Crippen LogP contribution in [0.2, 0.25) is 0 Å². The molecule has 1 fully saturated rings. The van der Waals surface area contributed by atoms with Gasteiger partial charge in [0.05, 0.1) is 5.92 Å². The number of benzene rings is 1. The van der Waals surface area contributed by atoms with E-state index in [0.717, 1.165) is 13.8 Å². The van der Waals surface area contributed by atoms with E-state index in [9.17, 15) is 24.3 Å². The van der Waals surface area contributed by atoms with E-state index in [-0.39, 0.29) is 35.7 Å². The molecule has 3 rings (SSSR count). The summed E-state index contributed by atoms with van der Waals surface area (Å²) in [6.45, 7) is 2.24. The van der Waals surface area contributed by atoms with E-state index in [1.54, 1.807) is 0 Å². The Kier molecular flexibility index (Phi) is 4.73. The fraction of sp³-hybridized carbons (Fsp3) is 0.368. The molecule has 1 aromatic carbocycles. The Morgan fingerprint density at radius 3 is 2.41 bits per heavy atom. The van der Waals surface area contributed by atoms with Crippen LogP contribution in [0.3, 0.4) is 0 Å². The number of hydrogen-bond acceptors (Lipinski definition) is 8. The summed E-state index contributed by atoms with van der Waals surface area (Å²) in [5.74, 6) is -3.10. The van der Waals surface area contributed by atoms with Crippen molar-refractivity contribution in [2.75, 3.05) is 0 Å². The molecule has 1 aliphatic heterocycles. The zero-order valence-electron chi connectivity index (χ0n) is 14.8. The molecule has 1 aliphatic carbocycles. The van der Waals surface area contributed by atoms with E-state index in [4.69, 9.17) is 14.2 Å². The molecule has 2 aliphatic rings. The first kappa shape index (κ1) is 18.6. The van der Waals surface area contributed by atoms with Gasteiger partial charge in [0, 0.05) is 31.9 Å². The van der Waals surface area contributed by atoms with Crippen LogP contribution in [0.1, 0.15) is 32.3 Å². The SMILES string of the molecule is CC(=O)O[C@@H]1OC2=CC(=O)CCC2C(=O)[C@@]1(OC(C)=O)c1ccc(O)cc1. The number of carbonyl (C=O) groups is 4. The summed E-state index contributed by atoms with van der Waals surface area (Å²) in [6, 6.07) is 5.40. The Morgan fingerprint density at radius 1 is 1.15 bits per heavy atom. The molecule has 8 nitrogen and oxygen atoms in total. The fourth-order valence-electron chi connectivity index (χ4n) is 3.35. The van der Waals surface area contributed by atoms with Crippen molar-refractivity contribution in [1.29, 1.82) is 0 Å². The number of Topliss-reactive ketones (excluding diaryl/α,β-unsaturated/α-hetero) is 1. The van der Waals surface area contributed by atoms with Crippen LogP contribution in [-0.2, 0) is 39.0 Å². The molecule has 1 N–H and O–H groups in total. The maximum atomic E-state index is 13.4. The van der Waals surface area contributed by atoms with Crippen molar-refractivity contribution in [3.05, 3.63) is 41.7 Å². The summed E-state index contributed by atoms with van der Waals surface area (Å²) < 4.78 is 16.3. The number of rotatable bonds is 3. The molecule has 0 saturated carbocycles. The van der Waals surface area contributed by atoms with Gasteiger partial charge in [-0.15, -0.1) is 0 Å². The predicted molar refractivity (Wildman–Crippen MR) is 89.0 cm³/mol. The molecule has 8 heteroatoms. The van der Waals surface area contributed by atoms with Crippen LogP contribution in [0.5, 0.6) is 5.75 Å². The lowest BCUT2D eigenvalue weighted by Gasteiger charge is -2.44. The maximum absolute atomic E-state index is 13.4. The van der Waals surface area contributed by atoms with Gasteiger partial charge in [0.2, 0.25) is 0 Å². The largest absolute Gasteiger partial charge is 0.508 e. The molecule has 1 heterocycles. The van der Waals surface area contributed by atoms with Gasteiger partial charge in [-0.25, -0.2) is 0 Å². The summed E-state index contributed by atoms with van der Waals surface area (Å²) in [6.07, 6.45) is -0.0637. The van der Waals surface area contributed by atoms with Gasteiger partial charge in [-0.2, -0.15) is 0 Å². The average Bonchev–Trinajstić information content (AvgIpc) is 2.58. The molecule has 0 bridgehead atoms. The Bertz CT molecular complexity index is 838. The second kappa shape index (κ2) is 6.86. The highest BCUT2D eigenvalue weighted by atomic mass is 16.7. The van der Waals surface area contributed by atoms with E-state index in [1.807, 2.05) is 0 Å². The van der Waals surface area contributed by atoms with Crippen LogP contribution < -0.4 is 0 Å². The van der Waals surface area contributed by atoms with Gasteiger partial charge in [-0.3, -0.25) is 19.2 Å². The Morgan fingerprint density at radius 2 is 1.81 bits per heavy atom. The monoisotopic (exact) mass is 374 g/mol. The topological polar surface area (TPSA) is 116 Å². The Balaban J connectivity index is 2.19. The number of fused-ring (bicyclic) bond motifs is 1. The van der Waals surface area contributed by atoms with Crippen molar-refractivity contribution >= 4 is 23.5 Å². The van der Waals surface area contributed by atoms with E-state index in [0.29, 0.717) is 0 Å². The van der Waals surface area contributed by atoms with Crippen molar-refractivity contribution in [2.24, 2.45) is 5.92 Å². The molecule has 0 aromatic heterocycles. The van der Waals surface area contributed by atoms with Crippen LogP contribution in [0.4, 0.5) is 0 Å². The zero-order chi connectivity index (χ0) is 19.8. The van der Waals surface area contributed by atoms with Crippen molar-refractivity contribution < 1.29 is 38.5 Å². The number of aromatic hydroxyl groups is 1. The molecule has 0 spiro atoms. The van der Waals surface area contributed by atoms with E-state index >= 15 is 0 Å². The molecular formula is C19H18O8. The number of ether oxygens (including phenoxy) is 3. The number of ketones is 2. The molecule has 3 atom stereocenters. The predicted octanol–water partition coefficient (Wildman–Crippen LogP) is 1.50. The molecule has 0 amide bonds. The lowest BCUT2D eigenvalue weighted by Crippen LogP contribution is -2.59. The highest BCUT2D eigenvalue weighted by molar-refractivity contribution is 6.00.